The largest absolute Gasteiger partial charge is 0.477 e. The number of hydrogen-bond donors (Lipinski definition) is 1. The molecule has 26 heavy (non-hydrogen) atoms. The lowest BCUT2D eigenvalue weighted by molar-refractivity contribution is 0.0695. The van der Waals surface area contributed by atoms with Gasteiger partial charge in [0.1, 0.15) is 11.4 Å². The number of aryl methyl sites for hydroxylation is 1. The lowest BCUT2D eigenvalue weighted by atomic mass is 10.1. The Labute approximate surface area is 151 Å². The van der Waals surface area contributed by atoms with Crippen LogP contribution in [0.2, 0.25) is 0 Å². The van der Waals surface area contributed by atoms with Crippen molar-refractivity contribution in [2.75, 3.05) is 31.1 Å². The van der Waals surface area contributed by atoms with Crippen LogP contribution < -0.4 is 10.3 Å². The number of anilines is 1. The molecule has 1 aliphatic heterocycles. The predicted octanol–water partition coefficient (Wildman–Crippen LogP) is 2.39. The van der Waals surface area contributed by atoms with Crippen LogP contribution in [0.5, 0.6) is 0 Å². The number of carboxylic acids is 1. The summed E-state index contributed by atoms with van der Waals surface area (Å²) in [5.74, 6) is -1.79. The predicted molar refractivity (Wildman–Crippen MR) is 99.7 cm³/mol. The maximum atomic E-state index is 14.8. The summed E-state index contributed by atoms with van der Waals surface area (Å²) in [6.07, 6.45) is 1.34. The molecule has 1 aromatic carbocycles. The molecule has 140 valence electrons. The molecule has 1 fully saturated rings. The maximum absolute atomic E-state index is 14.8. The van der Waals surface area contributed by atoms with E-state index < -0.39 is 17.2 Å². The highest BCUT2D eigenvalue weighted by molar-refractivity contribution is 5.93. The Kier molecular flexibility index (Phi) is 5.00. The van der Waals surface area contributed by atoms with Gasteiger partial charge in [0.2, 0.25) is 5.43 Å². The van der Waals surface area contributed by atoms with Crippen LogP contribution in [-0.4, -0.2) is 52.8 Å². The van der Waals surface area contributed by atoms with Gasteiger partial charge in [0, 0.05) is 50.3 Å². The van der Waals surface area contributed by atoms with Crippen LogP contribution in [0.1, 0.15) is 31.1 Å². The van der Waals surface area contributed by atoms with Gasteiger partial charge in [-0.3, -0.25) is 9.69 Å². The summed E-state index contributed by atoms with van der Waals surface area (Å²) >= 11 is 0. The number of carbonyl (C=O) groups is 1. The number of nitrogens with zero attached hydrogens (tertiary/aromatic N) is 3. The second-order valence-electron chi connectivity index (χ2n) is 6.90. The Morgan fingerprint density at radius 1 is 1.23 bits per heavy atom. The quantitative estimate of drug-likeness (QED) is 0.906. The van der Waals surface area contributed by atoms with Crippen molar-refractivity contribution in [3.05, 3.63) is 39.9 Å². The highest BCUT2D eigenvalue weighted by Crippen LogP contribution is 2.26. The van der Waals surface area contributed by atoms with E-state index in [1.807, 2.05) is 11.8 Å². The average molecular weight is 361 g/mol. The summed E-state index contributed by atoms with van der Waals surface area (Å²) in [7, 11) is 0. The van der Waals surface area contributed by atoms with E-state index in [4.69, 9.17) is 0 Å². The van der Waals surface area contributed by atoms with Crippen LogP contribution in [0.15, 0.2) is 23.1 Å². The fourth-order valence-corrected chi connectivity index (χ4v) is 3.53. The highest BCUT2D eigenvalue weighted by atomic mass is 19.1. The van der Waals surface area contributed by atoms with Crippen molar-refractivity contribution in [2.24, 2.45) is 0 Å². The van der Waals surface area contributed by atoms with Crippen molar-refractivity contribution in [3.63, 3.8) is 0 Å². The zero-order valence-electron chi connectivity index (χ0n) is 15.3. The molecule has 1 aromatic heterocycles. The number of piperazine rings is 1. The summed E-state index contributed by atoms with van der Waals surface area (Å²) < 4.78 is 16.4. The van der Waals surface area contributed by atoms with Crippen LogP contribution in [0.4, 0.5) is 10.1 Å². The van der Waals surface area contributed by atoms with E-state index in [0.29, 0.717) is 36.9 Å². The second kappa shape index (κ2) is 7.07. The summed E-state index contributed by atoms with van der Waals surface area (Å²) in [5.41, 5.74) is 0.0418. The number of hydrogen-bond acceptors (Lipinski definition) is 4. The highest BCUT2D eigenvalue weighted by Gasteiger charge is 2.23. The molecule has 2 heterocycles. The van der Waals surface area contributed by atoms with Gasteiger partial charge in [0.25, 0.3) is 0 Å². The van der Waals surface area contributed by atoms with Crippen molar-refractivity contribution in [3.8, 4) is 0 Å². The van der Waals surface area contributed by atoms with Crippen molar-refractivity contribution >= 4 is 22.6 Å². The Morgan fingerprint density at radius 2 is 1.88 bits per heavy atom. The molecular weight excluding hydrogens is 337 g/mol. The Balaban J connectivity index is 2.07. The third kappa shape index (κ3) is 3.19. The first-order chi connectivity index (χ1) is 12.3. The molecular formula is C19H24FN3O3. The van der Waals surface area contributed by atoms with Crippen LogP contribution in [0, 0.1) is 5.82 Å². The molecule has 1 N–H and O–H groups in total. The summed E-state index contributed by atoms with van der Waals surface area (Å²) in [6.45, 7) is 9.78. The maximum Gasteiger partial charge on any atom is 0.341 e. The SMILES string of the molecule is CCn1cc(C(=O)O)c(=O)c2cc(F)c(N3CCN(C(C)C)CC3)cc21. The van der Waals surface area contributed by atoms with Gasteiger partial charge in [-0.15, -0.1) is 0 Å². The third-order valence-corrected chi connectivity index (χ3v) is 5.11. The molecule has 1 saturated heterocycles. The van der Waals surface area contributed by atoms with Crippen LogP contribution in [0.3, 0.4) is 0 Å². The molecule has 1 aliphatic rings. The normalized spacial score (nSPS) is 15.8. The number of halogens is 1. The van der Waals surface area contributed by atoms with Gasteiger partial charge < -0.3 is 14.6 Å². The van der Waals surface area contributed by atoms with E-state index in [-0.39, 0.29) is 10.9 Å². The Hall–Kier alpha value is -2.41. The standard InChI is InChI=1S/C19H24FN3O3/c1-4-21-11-14(19(25)26)18(24)13-9-15(20)17(10-16(13)21)23-7-5-22(6-8-23)12(2)3/h9-12H,4-8H2,1-3H3,(H,25,26). The number of pyridine rings is 1. The molecule has 0 atom stereocenters. The molecule has 3 rings (SSSR count). The summed E-state index contributed by atoms with van der Waals surface area (Å²) in [4.78, 5) is 28.0. The smallest absolute Gasteiger partial charge is 0.341 e. The lowest BCUT2D eigenvalue weighted by Crippen LogP contribution is -2.49. The molecule has 0 radical (unpaired) electrons. The fourth-order valence-electron chi connectivity index (χ4n) is 3.53. The molecule has 0 bridgehead atoms. The Bertz CT molecular complexity index is 899. The van der Waals surface area contributed by atoms with Gasteiger partial charge in [0.15, 0.2) is 0 Å². The van der Waals surface area contributed by atoms with Crippen LogP contribution in [0.25, 0.3) is 10.9 Å². The lowest BCUT2D eigenvalue weighted by Gasteiger charge is -2.38. The molecule has 6 nitrogen and oxygen atoms in total. The van der Waals surface area contributed by atoms with E-state index in [1.54, 1.807) is 10.6 Å². The van der Waals surface area contributed by atoms with Gasteiger partial charge >= 0.3 is 5.97 Å². The van der Waals surface area contributed by atoms with Crippen molar-refractivity contribution in [1.29, 1.82) is 0 Å². The Morgan fingerprint density at radius 3 is 2.42 bits per heavy atom. The zero-order valence-corrected chi connectivity index (χ0v) is 15.3. The first kappa shape index (κ1) is 18.4. The molecule has 0 unspecified atom stereocenters. The number of carboxylic acid groups (broad SMARTS) is 1. The molecule has 0 aliphatic carbocycles. The average Bonchev–Trinajstić information content (AvgIpc) is 2.62. The number of aromatic nitrogens is 1. The van der Waals surface area contributed by atoms with Gasteiger partial charge in [-0.1, -0.05) is 0 Å². The minimum Gasteiger partial charge on any atom is -0.477 e. The fraction of sp³-hybridized carbons (Fsp3) is 0.474. The number of fused-ring (bicyclic) bond motifs is 1. The van der Waals surface area contributed by atoms with Crippen molar-refractivity contribution < 1.29 is 14.3 Å². The van der Waals surface area contributed by atoms with Gasteiger partial charge in [-0.05, 0) is 32.9 Å². The van der Waals surface area contributed by atoms with E-state index in [0.717, 1.165) is 13.1 Å². The van der Waals surface area contributed by atoms with Gasteiger partial charge in [-0.2, -0.15) is 0 Å². The van der Waals surface area contributed by atoms with Gasteiger partial charge in [0.05, 0.1) is 11.2 Å². The first-order valence-electron chi connectivity index (χ1n) is 8.92. The second-order valence-corrected chi connectivity index (χ2v) is 6.90. The number of rotatable bonds is 4. The zero-order chi connectivity index (χ0) is 19.0. The molecule has 7 heteroatoms. The molecule has 0 saturated carbocycles. The van der Waals surface area contributed by atoms with Crippen LogP contribution >= 0.6 is 0 Å². The minimum atomic E-state index is -1.30. The van der Waals surface area contributed by atoms with E-state index in [1.165, 1.54) is 12.3 Å². The summed E-state index contributed by atoms with van der Waals surface area (Å²) in [6, 6.07) is 3.31. The van der Waals surface area contributed by atoms with Crippen LogP contribution in [-0.2, 0) is 6.54 Å². The molecule has 2 aromatic rings. The number of aromatic carboxylic acids is 1. The molecule has 0 spiro atoms. The van der Waals surface area contributed by atoms with Crippen molar-refractivity contribution in [2.45, 2.75) is 33.4 Å². The third-order valence-electron chi connectivity index (χ3n) is 5.11. The van der Waals surface area contributed by atoms with Gasteiger partial charge in [-0.25, -0.2) is 9.18 Å². The minimum absolute atomic E-state index is 0.105. The number of benzene rings is 1. The summed E-state index contributed by atoms with van der Waals surface area (Å²) in [5, 5.41) is 9.33. The molecule has 0 amide bonds. The monoisotopic (exact) mass is 361 g/mol. The van der Waals surface area contributed by atoms with Crippen molar-refractivity contribution in [1.82, 2.24) is 9.47 Å². The topological polar surface area (TPSA) is 65.8 Å². The van der Waals surface area contributed by atoms with E-state index in [9.17, 15) is 19.1 Å². The van der Waals surface area contributed by atoms with E-state index in [2.05, 4.69) is 18.7 Å². The van der Waals surface area contributed by atoms with E-state index >= 15 is 0 Å². The first-order valence-corrected chi connectivity index (χ1v) is 8.92.